The summed E-state index contributed by atoms with van der Waals surface area (Å²) in [5.74, 6) is -1.69. The molecule has 5 heteroatoms. The third-order valence-corrected chi connectivity index (χ3v) is 4.45. The molecule has 0 aromatic rings. The van der Waals surface area contributed by atoms with Gasteiger partial charge in [0.1, 0.15) is 0 Å². The standard InChI is InChI=1S/C14H23NO4/c1-8-5-11(12(6-8)14(18)19)13(17)15-9-3-2-4-10(16)7-9/h8-12,16H,2-7H2,1H3,(H,15,17)(H,18,19)/t8?,9?,10?,11-,12+/m0/s1. The third kappa shape index (κ3) is 3.47. The predicted molar refractivity (Wildman–Crippen MR) is 69.4 cm³/mol. The van der Waals surface area contributed by atoms with Gasteiger partial charge in [0.2, 0.25) is 5.91 Å². The van der Waals surface area contributed by atoms with Gasteiger partial charge in [-0.1, -0.05) is 6.92 Å². The molecule has 0 aromatic carbocycles. The van der Waals surface area contributed by atoms with E-state index in [4.69, 9.17) is 0 Å². The van der Waals surface area contributed by atoms with E-state index in [-0.39, 0.29) is 24.0 Å². The average Bonchev–Trinajstić information content (AvgIpc) is 2.71. The van der Waals surface area contributed by atoms with Crippen LogP contribution in [0, 0.1) is 17.8 Å². The van der Waals surface area contributed by atoms with Gasteiger partial charge in [-0.25, -0.2) is 0 Å². The summed E-state index contributed by atoms with van der Waals surface area (Å²) in [7, 11) is 0. The van der Waals surface area contributed by atoms with Gasteiger partial charge < -0.3 is 15.5 Å². The minimum atomic E-state index is -0.867. The second-order valence-corrected chi connectivity index (χ2v) is 6.15. The molecule has 2 rings (SSSR count). The van der Waals surface area contributed by atoms with E-state index in [2.05, 4.69) is 5.32 Å². The number of carbonyl (C=O) groups is 2. The molecule has 108 valence electrons. The molecule has 2 aliphatic rings. The van der Waals surface area contributed by atoms with Gasteiger partial charge in [0, 0.05) is 6.04 Å². The van der Waals surface area contributed by atoms with E-state index >= 15 is 0 Å². The zero-order valence-electron chi connectivity index (χ0n) is 11.3. The lowest BCUT2D eigenvalue weighted by atomic mass is 9.91. The molecule has 3 N–H and O–H groups in total. The number of aliphatic carboxylic acids is 1. The Labute approximate surface area is 113 Å². The highest BCUT2D eigenvalue weighted by atomic mass is 16.4. The fraction of sp³-hybridized carbons (Fsp3) is 0.857. The summed E-state index contributed by atoms with van der Waals surface area (Å²) in [4.78, 5) is 23.4. The van der Waals surface area contributed by atoms with E-state index in [0.29, 0.717) is 19.3 Å². The van der Waals surface area contributed by atoms with Crippen molar-refractivity contribution in [3.8, 4) is 0 Å². The van der Waals surface area contributed by atoms with E-state index in [1.807, 2.05) is 6.92 Å². The van der Waals surface area contributed by atoms with Crippen LogP contribution in [0.2, 0.25) is 0 Å². The number of aliphatic hydroxyl groups excluding tert-OH is 1. The number of nitrogens with one attached hydrogen (secondary N) is 1. The molecule has 1 amide bonds. The zero-order chi connectivity index (χ0) is 14.0. The van der Waals surface area contributed by atoms with Crippen molar-refractivity contribution >= 4 is 11.9 Å². The van der Waals surface area contributed by atoms with Gasteiger partial charge in [0.15, 0.2) is 0 Å². The Morgan fingerprint density at radius 2 is 1.79 bits per heavy atom. The Kier molecular flexibility index (Phi) is 4.45. The van der Waals surface area contributed by atoms with Crippen LogP contribution in [0.5, 0.6) is 0 Å². The lowest BCUT2D eigenvalue weighted by molar-refractivity contribution is -0.146. The van der Waals surface area contributed by atoms with E-state index in [9.17, 15) is 19.8 Å². The van der Waals surface area contributed by atoms with Crippen molar-refractivity contribution in [2.75, 3.05) is 0 Å². The molecular formula is C14H23NO4. The summed E-state index contributed by atoms with van der Waals surface area (Å²) in [5.41, 5.74) is 0. The molecule has 19 heavy (non-hydrogen) atoms. The van der Waals surface area contributed by atoms with Crippen LogP contribution in [0.1, 0.15) is 45.4 Å². The molecule has 5 atom stereocenters. The number of carbonyl (C=O) groups excluding carboxylic acids is 1. The molecule has 0 heterocycles. The maximum absolute atomic E-state index is 12.2. The van der Waals surface area contributed by atoms with E-state index < -0.39 is 17.8 Å². The molecule has 0 aliphatic heterocycles. The van der Waals surface area contributed by atoms with Gasteiger partial charge in [-0.3, -0.25) is 9.59 Å². The number of hydrogen-bond donors (Lipinski definition) is 3. The first kappa shape index (κ1) is 14.3. The second-order valence-electron chi connectivity index (χ2n) is 6.15. The number of aliphatic hydroxyl groups is 1. The van der Waals surface area contributed by atoms with Crippen LogP contribution < -0.4 is 5.32 Å². The summed E-state index contributed by atoms with van der Waals surface area (Å²) in [6.45, 7) is 1.99. The van der Waals surface area contributed by atoms with Crippen molar-refractivity contribution < 1.29 is 19.8 Å². The predicted octanol–water partition coefficient (Wildman–Crippen LogP) is 1.15. The molecule has 3 unspecified atom stereocenters. The lowest BCUT2D eigenvalue weighted by Gasteiger charge is -2.28. The van der Waals surface area contributed by atoms with Crippen LogP contribution in [0.25, 0.3) is 0 Å². The topological polar surface area (TPSA) is 86.6 Å². The number of carboxylic acids is 1. The van der Waals surface area contributed by atoms with Gasteiger partial charge in [-0.2, -0.15) is 0 Å². The van der Waals surface area contributed by atoms with Crippen LogP contribution >= 0.6 is 0 Å². The number of rotatable bonds is 3. The molecular weight excluding hydrogens is 246 g/mol. The lowest BCUT2D eigenvalue weighted by Crippen LogP contribution is -2.44. The molecule has 5 nitrogen and oxygen atoms in total. The molecule has 2 aliphatic carbocycles. The summed E-state index contributed by atoms with van der Waals surface area (Å²) < 4.78 is 0. The van der Waals surface area contributed by atoms with E-state index in [0.717, 1.165) is 19.3 Å². The van der Waals surface area contributed by atoms with Gasteiger partial charge in [-0.15, -0.1) is 0 Å². The monoisotopic (exact) mass is 269 g/mol. The van der Waals surface area contributed by atoms with Gasteiger partial charge in [0.25, 0.3) is 0 Å². The van der Waals surface area contributed by atoms with Crippen LogP contribution in [0.15, 0.2) is 0 Å². The van der Waals surface area contributed by atoms with Crippen LogP contribution in [0.3, 0.4) is 0 Å². The minimum Gasteiger partial charge on any atom is -0.481 e. The Morgan fingerprint density at radius 3 is 2.42 bits per heavy atom. The zero-order valence-corrected chi connectivity index (χ0v) is 11.3. The normalized spacial score (nSPS) is 38.9. The fourth-order valence-corrected chi connectivity index (χ4v) is 3.46. The molecule has 2 saturated carbocycles. The molecule has 0 saturated heterocycles. The van der Waals surface area contributed by atoms with Crippen LogP contribution in [-0.4, -0.2) is 34.2 Å². The first-order chi connectivity index (χ1) is 8.97. The molecule has 0 bridgehead atoms. The first-order valence-corrected chi connectivity index (χ1v) is 7.18. The highest BCUT2D eigenvalue weighted by Gasteiger charge is 2.41. The van der Waals surface area contributed by atoms with Crippen molar-refractivity contribution in [1.82, 2.24) is 5.32 Å². The molecule has 0 radical (unpaired) electrons. The third-order valence-electron chi connectivity index (χ3n) is 4.45. The van der Waals surface area contributed by atoms with Gasteiger partial charge in [-0.05, 0) is 44.4 Å². The number of carboxylic acid groups (broad SMARTS) is 1. The highest BCUT2D eigenvalue weighted by molar-refractivity contribution is 5.85. The van der Waals surface area contributed by atoms with E-state index in [1.165, 1.54) is 0 Å². The quantitative estimate of drug-likeness (QED) is 0.717. The molecule has 0 aromatic heterocycles. The average molecular weight is 269 g/mol. The number of hydrogen-bond acceptors (Lipinski definition) is 3. The van der Waals surface area contributed by atoms with Crippen LogP contribution in [-0.2, 0) is 9.59 Å². The smallest absolute Gasteiger partial charge is 0.307 e. The van der Waals surface area contributed by atoms with Crippen LogP contribution in [0.4, 0.5) is 0 Å². The minimum absolute atomic E-state index is 0.00148. The Morgan fingerprint density at radius 1 is 1.11 bits per heavy atom. The van der Waals surface area contributed by atoms with Crippen molar-refractivity contribution in [2.24, 2.45) is 17.8 Å². The fourth-order valence-electron chi connectivity index (χ4n) is 3.46. The summed E-state index contributed by atoms with van der Waals surface area (Å²) in [6, 6.07) is 0.00148. The summed E-state index contributed by atoms with van der Waals surface area (Å²) in [6.07, 6.45) is 4.07. The van der Waals surface area contributed by atoms with Gasteiger partial charge >= 0.3 is 5.97 Å². The Bertz CT molecular complexity index is 357. The number of amides is 1. The molecule has 0 spiro atoms. The van der Waals surface area contributed by atoms with Crippen molar-refractivity contribution in [1.29, 1.82) is 0 Å². The largest absolute Gasteiger partial charge is 0.481 e. The maximum Gasteiger partial charge on any atom is 0.307 e. The maximum atomic E-state index is 12.2. The van der Waals surface area contributed by atoms with Crippen molar-refractivity contribution in [2.45, 2.75) is 57.6 Å². The second kappa shape index (κ2) is 5.90. The van der Waals surface area contributed by atoms with Gasteiger partial charge in [0.05, 0.1) is 17.9 Å². The Hall–Kier alpha value is -1.10. The summed E-state index contributed by atoms with van der Waals surface area (Å²) >= 11 is 0. The SMILES string of the molecule is CC1C[C@H](C(=O)NC2CCCC(O)C2)[C@H](C(=O)O)C1. The first-order valence-electron chi connectivity index (χ1n) is 7.18. The highest BCUT2D eigenvalue weighted by Crippen LogP contribution is 2.36. The summed E-state index contributed by atoms with van der Waals surface area (Å²) in [5, 5.41) is 21.7. The molecule has 2 fully saturated rings. The van der Waals surface area contributed by atoms with E-state index in [1.54, 1.807) is 0 Å². The van der Waals surface area contributed by atoms with Crippen molar-refractivity contribution in [3.63, 3.8) is 0 Å². The van der Waals surface area contributed by atoms with Crippen molar-refractivity contribution in [3.05, 3.63) is 0 Å². The Balaban J connectivity index is 1.93.